The lowest BCUT2D eigenvalue weighted by Crippen LogP contribution is -2.40. The standard InChI is InChI=1S/C14H20FN3O.ClH/c15-12-2-1-3-13(8-12)17-14(19)10-18-6-4-11(9-16)5-7-18;/h1-3,8,11H,4-7,9-10,16H2,(H,17,19);1H. The highest BCUT2D eigenvalue weighted by Gasteiger charge is 2.19. The minimum absolute atomic E-state index is 0. The number of nitrogens with zero attached hydrogens (tertiary/aromatic N) is 1. The van der Waals surface area contributed by atoms with Crippen molar-refractivity contribution in [3.05, 3.63) is 30.1 Å². The van der Waals surface area contributed by atoms with Gasteiger partial charge >= 0.3 is 0 Å². The molecule has 0 aromatic heterocycles. The molecule has 0 unspecified atom stereocenters. The Morgan fingerprint density at radius 1 is 1.40 bits per heavy atom. The first kappa shape index (κ1) is 16.9. The Bertz CT molecular complexity index is 436. The Morgan fingerprint density at radius 2 is 2.10 bits per heavy atom. The Hall–Kier alpha value is -1.17. The molecule has 1 aromatic carbocycles. The van der Waals surface area contributed by atoms with Crippen LogP contribution in [0.25, 0.3) is 0 Å². The van der Waals surface area contributed by atoms with Gasteiger partial charge in [-0.2, -0.15) is 0 Å². The predicted octanol–water partition coefficient (Wildman–Crippen LogP) is 1.86. The molecule has 0 aliphatic carbocycles. The van der Waals surface area contributed by atoms with Gasteiger partial charge < -0.3 is 11.1 Å². The van der Waals surface area contributed by atoms with E-state index in [2.05, 4.69) is 10.2 Å². The smallest absolute Gasteiger partial charge is 0.238 e. The largest absolute Gasteiger partial charge is 0.330 e. The van der Waals surface area contributed by atoms with Gasteiger partial charge in [0.15, 0.2) is 0 Å². The van der Waals surface area contributed by atoms with Gasteiger partial charge in [0.25, 0.3) is 0 Å². The van der Waals surface area contributed by atoms with Crippen LogP contribution in [0.5, 0.6) is 0 Å². The number of rotatable bonds is 4. The van der Waals surface area contributed by atoms with Gasteiger partial charge in [0.1, 0.15) is 5.82 Å². The van der Waals surface area contributed by atoms with Crippen LogP contribution < -0.4 is 11.1 Å². The van der Waals surface area contributed by atoms with Crippen molar-refractivity contribution in [1.29, 1.82) is 0 Å². The molecular weight excluding hydrogens is 281 g/mol. The molecule has 1 fully saturated rings. The van der Waals surface area contributed by atoms with Crippen molar-refractivity contribution < 1.29 is 9.18 Å². The van der Waals surface area contributed by atoms with E-state index in [0.717, 1.165) is 32.5 Å². The average Bonchev–Trinajstić information content (AvgIpc) is 2.39. The maximum atomic E-state index is 13.0. The number of amides is 1. The van der Waals surface area contributed by atoms with Crippen LogP contribution in [-0.4, -0.2) is 37.0 Å². The zero-order valence-corrected chi connectivity index (χ0v) is 12.2. The van der Waals surface area contributed by atoms with Gasteiger partial charge in [0.2, 0.25) is 5.91 Å². The fraction of sp³-hybridized carbons (Fsp3) is 0.500. The van der Waals surface area contributed by atoms with E-state index in [1.54, 1.807) is 12.1 Å². The summed E-state index contributed by atoms with van der Waals surface area (Å²) in [7, 11) is 0. The Labute approximate surface area is 124 Å². The van der Waals surface area contributed by atoms with Gasteiger partial charge in [-0.25, -0.2) is 4.39 Å². The van der Waals surface area contributed by atoms with Crippen LogP contribution >= 0.6 is 12.4 Å². The third kappa shape index (κ3) is 5.07. The molecule has 2 rings (SSSR count). The lowest BCUT2D eigenvalue weighted by atomic mass is 9.97. The van der Waals surface area contributed by atoms with E-state index >= 15 is 0 Å². The van der Waals surface area contributed by atoms with Gasteiger partial charge in [-0.05, 0) is 56.6 Å². The number of benzene rings is 1. The average molecular weight is 302 g/mol. The molecule has 1 heterocycles. The van der Waals surface area contributed by atoms with E-state index in [1.807, 2.05) is 0 Å². The van der Waals surface area contributed by atoms with Crippen LogP contribution in [0.4, 0.5) is 10.1 Å². The van der Waals surface area contributed by atoms with Crippen LogP contribution in [0.1, 0.15) is 12.8 Å². The predicted molar refractivity (Wildman–Crippen MR) is 80.5 cm³/mol. The monoisotopic (exact) mass is 301 g/mol. The SMILES string of the molecule is Cl.NCC1CCN(CC(=O)Nc2cccc(F)c2)CC1. The number of nitrogens with one attached hydrogen (secondary N) is 1. The van der Waals surface area contributed by atoms with Crippen molar-refractivity contribution in [2.75, 3.05) is 31.5 Å². The number of likely N-dealkylation sites (tertiary alicyclic amines) is 1. The first-order valence-corrected chi connectivity index (χ1v) is 6.65. The lowest BCUT2D eigenvalue weighted by molar-refractivity contribution is -0.117. The van der Waals surface area contributed by atoms with Crippen LogP contribution in [-0.2, 0) is 4.79 Å². The van der Waals surface area contributed by atoms with E-state index in [9.17, 15) is 9.18 Å². The van der Waals surface area contributed by atoms with E-state index in [1.165, 1.54) is 12.1 Å². The Kier molecular flexibility index (Phi) is 6.91. The van der Waals surface area contributed by atoms with E-state index in [0.29, 0.717) is 18.2 Å². The van der Waals surface area contributed by atoms with Crippen LogP contribution in [0.2, 0.25) is 0 Å². The topological polar surface area (TPSA) is 58.4 Å². The number of hydrogen-bond acceptors (Lipinski definition) is 3. The van der Waals surface area contributed by atoms with Crippen molar-refractivity contribution in [3.8, 4) is 0 Å². The summed E-state index contributed by atoms with van der Waals surface area (Å²) in [5.74, 6) is 0.140. The summed E-state index contributed by atoms with van der Waals surface area (Å²) in [4.78, 5) is 14.0. The molecular formula is C14H21ClFN3O. The second-order valence-corrected chi connectivity index (χ2v) is 5.01. The van der Waals surface area contributed by atoms with Crippen LogP contribution in [0.3, 0.4) is 0 Å². The number of nitrogens with two attached hydrogens (primary N) is 1. The van der Waals surface area contributed by atoms with Crippen molar-refractivity contribution in [2.24, 2.45) is 11.7 Å². The number of piperidine rings is 1. The van der Waals surface area contributed by atoms with Gasteiger partial charge in [-0.3, -0.25) is 9.69 Å². The molecule has 6 heteroatoms. The molecule has 1 amide bonds. The third-order valence-electron chi connectivity index (χ3n) is 3.52. The molecule has 1 aromatic rings. The molecule has 112 valence electrons. The summed E-state index contributed by atoms with van der Waals surface area (Å²) in [5.41, 5.74) is 6.13. The molecule has 0 radical (unpaired) electrons. The first-order chi connectivity index (χ1) is 9.17. The van der Waals surface area contributed by atoms with Crippen molar-refractivity contribution in [2.45, 2.75) is 12.8 Å². The molecule has 20 heavy (non-hydrogen) atoms. The second-order valence-electron chi connectivity index (χ2n) is 5.01. The molecule has 0 atom stereocenters. The summed E-state index contributed by atoms with van der Waals surface area (Å²) in [6.45, 7) is 2.88. The quantitative estimate of drug-likeness (QED) is 0.892. The molecule has 1 saturated heterocycles. The normalized spacial score (nSPS) is 16.5. The Morgan fingerprint density at radius 3 is 2.70 bits per heavy atom. The summed E-state index contributed by atoms with van der Waals surface area (Å²) in [5, 5.41) is 2.71. The number of hydrogen-bond donors (Lipinski definition) is 2. The maximum absolute atomic E-state index is 13.0. The van der Waals surface area contributed by atoms with E-state index in [-0.39, 0.29) is 24.1 Å². The van der Waals surface area contributed by atoms with Crippen molar-refractivity contribution in [3.63, 3.8) is 0 Å². The Balaban J connectivity index is 0.00000200. The fourth-order valence-electron chi connectivity index (χ4n) is 2.35. The van der Waals surface area contributed by atoms with Crippen molar-refractivity contribution in [1.82, 2.24) is 4.90 Å². The highest BCUT2D eigenvalue weighted by atomic mass is 35.5. The zero-order chi connectivity index (χ0) is 13.7. The van der Waals surface area contributed by atoms with E-state index < -0.39 is 0 Å². The number of carbonyl (C=O) groups excluding carboxylic acids is 1. The molecule has 1 aliphatic rings. The number of anilines is 1. The van der Waals surface area contributed by atoms with E-state index in [4.69, 9.17) is 5.73 Å². The molecule has 1 aliphatic heterocycles. The highest BCUT2D eigenvalue weighted by molar-refractivity contribution is 5.92. The second kappa shape index (κ2) is 8.19. The number of carbonyl (C=O) groups is 1. The van der Waals surface area contributed by atoms with Gasteiger partial charge in [0, 0.05) is 5.69 Å². The summed E-state index contributed by atoms with van der Waals surface area (Å²) >= 11 is 0. The lowest BCUT2D eigenvalue weighted by Gasteiger charge is -2.30. The molecule has 0 spiro atoms. The van der Waals surface area contributed by atoms with Gasteiger partial charge in [0.05, 0.1) is 6.54 Å². The van der Waals surface area contributed by atoms with Gasteiger partial charge in [-0.15, -0.1) is 12.4 Å². The minimum atomic E-state index is -0.346. The maximum Gasteiger partial charge on any atom is 0.238 e. The van der Waals surface area contributed by atoms with Gasteiger partial charge in [-0.1, -0.05) is 6.07 Å². The molecule has 0 bridgehead atoms. The third-order valence-corrected chi connectivity index (χ3v) is 3.52. The molecule has 3 N–H and O–H groups in total. The fourth-order valence-corrected chi connectivity index (χ4v) is 2.35. The molecule has 0 saturated carbocycles. The summed E-state index contributed by atoms with van der Waals surface area (Å²) in [6.07, 6.45) is 2.09. The van der Waals surface area contributed by atoms with Crippen LogP contribution in [0.15, 0.2) is 24.3 Å². The van der Waals surface area contributed by atoms with Crippen LogP contribution in [0, 0.1) is 11.7 Å². The first-order valence-electron chi connectivity index (χ1n) is 6.65. The number of halogens is 2. The highest BCUT2D eigenvalue weighted by Crippen LogP contribution is 2.15. The summed E-state index contributed by atoms with van der Waals surface area (Å²) in [6, 6.07) is 5.94. The zero-order valence-electron chi connectivity index (χ0n) is 11.3. The van der Waals surface area contributed by atoms with Crippen molar-refractivity contribution >= 4 is 24.0 Å². The minimum Gasteiger partial charge on any atom is -0.330 e. The molecule has 4 nitrogen and oxygen atoms in total. The summed E-state index contributed by atoms with van der Waals surface area (Å²) < 4.78 is 13.0.